The van der Waals surface area contributed by atoms with Crippen LogP contribution in [0.1, 0.15) is 91.4 Å². The molecule has 0 aromatic heterocycles. The second kappa shape index (κ2) is 12.9. The first-order chi connectivity index (χ1) is 8.74. The van der Waals surface area contributed by atoms with E-state index in [1.807, 2.05) is 0 Å². The van der Waals surface area contributed by atoms with Crippen LogP contribution in [-0.2, 0) is 9.53 Å². The Hall–Kier alpha value is -0.530. The van der Waals surface area contributed by atoms with Crippen LogP contribution in [-0.4, -0.2) is 12.1 Å². The van der Waals surface area contributed by atoms with Crippen LogP contribution in [0.2, 0.25) is 0 Å². The molecule has 0 aromatic carbocycles. The van der Waals surface area contributed by atoms with E-state index in [2.05, 4.69) is 20.8 Å². The quantitative estimate of drug-likeness (QED) is 0.352. The first kappa shape index (κ1) is 17.5. The van der Waals surface area contributed by atoms with Crippen molar-refractivity contribution >= 4 is 5.97 Å². The third-order valence-corrected chi connectivity index (χ3v) is 3.37. The Morgan fingerprint density at radius 2 is 1.50 bits per heavy atom. The molecule has 0 radical (unpaired) electrons. The van der Waals surface area contributed by atoms with Gasteiger partial charge in [-0.15, -0.1) is 0 Å². The lowest BCUT2D eigenvalue weighted by Gasteiger charge is -2.16. The van der Waals surface area contributed by atoms with Gasteiger partial charge in [0, 0.05) is 6.42 Å². The van der Waals surface area contributed by atoms with Crippen molar-refractivity contribution in [2.75, 3.05) is 0 Å². The van der Waals surface area contributed by atoms with Crippen molar-refractivity contribution in [3.63, 3.8) is 0 Å². The number of unbranched alkanes of at least 4 members (excludes halogenated alkanes) is 6. The lowest BCUT2D eigenvalue weighted by atomic mass is 10.1. The number of rotatable bonds is 12. The average molecular weight is 256 g/mol. The maximum absolute atomic E-state index is 11.6. The molecule has 0 bridgehead atoms. The highest BCUT2D eigenvalue weighted by Gasteiger charge is 2.11. The molecule has 2 heteroatoms. The fourth-order valence-electron chi connectivity index (χ4n) is 2.09. The van der Waals surface area contributed by atoms with E-state index in [1.165, 1.54) is 38.5 Å². The van der Waals surface area contributed by atoms with Gasteiger partial charge in [0.2, 0.25) is 0 Å². The van der Waals surface area contributed by atoms with Crippen LogP contribution in [0.15, 0.2) is 0 Å². The van der Waals surface area contributed by atoms with E-state index in [-0.39, 0.29) is 12.1 Å². The molecule has 0 amide bonds. The third-order valence-electron chi connectivity index (χ3n) is 3.37. The summed E-state index contributed by atoms with van der Waals surface area (Å²) in [5.41, 5.74) is 0. The van der Waals surface area contributed by atoms with Gasteiger partial charge in [0.05, 0.1) is 0 Å². The molecule has 1 atom stereocenters. The predicted molar refractivity (Wildman–Crippen MR) is 77.7 cm³/mol. The summed E-state index contributed by atoms with van der Waals surface area (Å²) in [7, 11) is 0. The van der Waals surface area contributed by atoms with Gasteiger partial charge in [-0.25, -0.2) is 0 Å². The Balaban J connectivity index is 3.59. The first-order valence-corrected chi connectivity index (χ1v) is 7.94. The molecule has 18 heavy (non-hydrogen) atoms. The first-order valence-electron chi connectivity index (χ1n) is 7.94. The minimum absolute atomic E-state index is 0.00782. The lowest BCUT2D eigenvalue weighted by Crippen LogP contribution is -2.17. The molecule has 0 rings (SSSR count). The maximum Gasteiger partial charge on any atom is 0.306 e. The molecule has 0 aliphatic rings. The van der Waals surface area contributed by atoms with Crippen LogP contribution in [0.5, 0.6) is 0 Å². The molecule has 0 aliphatic heterocycles. The molecular weight excluding hydrogens is 224 g/mol. The standard InChI is InChI=1S/C16H32O2/c1-4-7-9-11-13-15(6-3)18-16(17)14-12-10-8-5-2/h15H,4-14H2,1-3H3. The zero-order valence-electron chi connectivity index (χ0n) is 12.7. The zero-order chi connectivity index (χ0) is 13.6. The highest BCUT2D eigenvalue weighted by Crippen LogP contribution is 2.13. The fourth-order valence-corrected chi connectivity index (χ4v) is 2.09. The van der Waals surface area contributed by atoms with Crippen molar-refractivity contribution in [3.8, 4) is 0 Å². The number of ether oxygens (including phenoxy) is 1. The van der Waals surface area contributed by atoms with Crippen molar-refractivity contribution in [3.05, 3.63) is 0 Å². The van der Waals surface area contributed by atoms with Gasteiger partial charge in [-0.1, -0.05) is 59.3 Å². The molecule has 0 fully saturated rings. The SMILES string of the molecule is CCCCCCC(=O)OC(CC)CCCCCC. The van der Waals surface area contributed by atoms with Crippen molar-refractivity contribution < 1.29 is 9.53 Å². The van der Waals surface area contributed by atoms with Crippen molar-refractivity contribution in [1.29, 1.82) is 0 Å². The molecular formula is C16H32O2. The molecule has 0 aliphatic carbocycles. The van der Waals surface area contributed by atoms with Crippen LogP contribution in [0.25, 0.3) is 0 Å². The zero-order valence-corrected chi connectivity index (χ0v) is 12.7. The largest absolute Gasteiger partial charge is 0.462 e. The van der Waals surface area contributed by atoms with Gasteiger partial charge in [0.15, 0.2) is 0 Å². The van der Waals surface area contributed by atoms with E-state index in [4.69, 9.17) is 4.74 Å². The molecule has 0 saturated carbocycles. The van der Waals surface area contributed by atoms with E-state index >= 15 is 0 Å². The summed E-state index contributed by atoms with van der Waals surface area (Å²) >= 11 is 0. The van der Waals surface area contributed by atoms with Gasteiger partial charge in [-0.3, -0.25) is 4.79 Å². The second-order valence-electron chi connectivity index (χ2n) is 5.18. The Morgan fingerprint density at radius 1 is 0.889 bits per heavy atom. The van der Waals surface area contributed by atoms with Gasteiger partial charge >= 0.3 is 5.97 Å². The van der Waals surface area contributed by atoms with Crippen molar-refractivity contribution in [1.82, 2.24) is 0 Å². The van der Waals surface area contributed by atoms with Crippen molar-refractivity contribution in [2.45, 2.75) is 97.5 Å². The van der Waals surface area contributed by atoms with Gasteiger partial charge in [0.1, 0.15) is 6.10 Å². The molecule has 2 nitrogen and oxygen atoms in total. The summed E-state index contributed by atoms with van der Waals surface area (Å²) in [4.78, 5) is 11.6. The topological polar surface area (TPSA) is 26.3 Å². The molecule has 0 spiro atoms. The summed E-state index contributed by atoms with van der Waals surface area (Å²) in [5, 5.41) is 0. The minimum Gasteiger partial charge on any atom is -0.462 e. The van der Waals surface area contributed by atoms with Gasteiger partial charge in [0.25, 0.3) is 0 Å². The minimum atomic E-state index is 0.00782. The Kier molecular flexibility index (Phi) is 12.5. The Labute approximate surface area is 113 Å². The summed E-state index contributed by atoms with van der Waals surface area (Å²) in [5.74, 6) is 0.00782. The van der Waals surface area contributed by atoms with Crippen LogP contribution < -0.4 is 0 Å². The van der Waals surface area contributed by atoms with Crippen LogP contribution in [0.3, 0.4) is 0 Å². The molecule has 0 saturated heterocycles. The van der Waals surface area contributed by atoms with Crippen molar-refractivity contribution in [2.24, 2.45) is 0 Å². The van der Waals surface area contributed by atoms with Gasteiger partial charge < -0.3 is 4.74 Å². The average Bonchev–Trinajstić information content (AvgIpc) is 2.38. The van der Waals surface area contributed by atoms with Crippen LogP contribution in [0.4, 0.5) is 0 Å². The molecule has 0 N–H and O–H groups in total. The molecule has 0 aromatic rings. The van der Waals surface area contributed by atoms with Crippen LogP contribution >= 0.6 is 0 Å². The third kappa shape index (κ3) is 10.6. The Morgan fingerprint density at radius 3 is 2.06 bits per heavy atom. The number of hydrogen-bond acceptors (Lipinski definition) is 2. The summed E-state index contributed by atoms with van der Waals surface area (Å²) in [6.07, 6.45) is 12.3. The summed E-state index contributed by atoms with van der Waals surface area (Å²) in [6, 6.07) is 0. The number of carbonyl (C=O) groups excluding carboxylic acids is 1. The van der Waals surface area contributed by atoms with Gasteiger partial charge in [-0.2, -0.15) is 0 Å². The van der Waals surface area contributed by atoms with E-state index in [1.54, 1.807) is 0 Å². The smallest absolute Gasteiger partial charge is 0.306 e. The monoisotopic (exact) mass is 256 g/mol. The fraction of sp³-hybridized carbons (Fsp3) is 0.938. The highest BCUT2D eigenvalue weighted by molar-refractivity contribution is 5.69. The second-order valence-corrected chi connectivity index (χ2v) is 5.18. The lowest BCUT2D eigenvalue weighted by molar-refractivity contribution is -0.149. The number of esters is 1. The Bertz CT molecular complexity index is 190. The molecule has 1 unspecified atom stereocenters. The van der Waals surface area contributed by atoms with E-state index < -0.39 is 0 Å². The van der Waals surface area contributed by atoms with Crippen LogP contribution in [0, 0.1) is 0 Å². The highest BCUT2D eigenvalue weighted by atomic mass is 16.5. The predicted octanol–water partition coefficient (Wildman–Crippen LogP) is 5.25. The van der Waals surface area contributed by atoms with E-state index in [0.29, 0.717) is 6.42 Å². The van der Waals surface area contributed by atoms with E-state index in [0.717, 1.165) is 25.7 Å². The van der Waals surface area contributed by atoms with E-state index in [9.17, 15) is 4.79 Å². The molecule has 0 heterocycles. The number of hydrogen-bond donors (Lipinski definition) is 0. The molecule has 108 valence electrons. The van der Waals surface area contributed by atoms with Gasteiger partial charge in [-0.05, 0) is 25.7 Å². The maximum atomic E-state index is 11.6. The number of carbonyl (C=O) groups is 1. The summed E-state index contributed by atoms with van der Waals surface area (Å²) in [6.45, 7) is 6.50. The normalized spacial score (nSPS) is 12.4. The summed E-state index contributed by atoms with van der Waals surface area (Å²) < 4.78 is 5.52.